The number of carboxylic acids is 1. The molecule has 11 nitrogen and oxygen atoms in total. The van der Waals surface area contributed by atoms with Crippen LogP contribution in [0.2, 0.25) is 0 Å². The van der Waals surface area contributed by atoms with Crippen LogP contribution in [-0.4, -0.2) is 58.8 Å². The van der Waals surface area contributed by atoms with Gasteiger partial charge in [0.1, 0.15) is 17.3 Å². The van der Waals surface area contributed by atoms with Gasteiger partial charge in [0.05, 0.1) is 33.0 Å². The number of nitrogen functional groups attached to an aromatic ring is 1. The summed E-state index contributed by atoms with van der Waals surface area (Å²) >= 11 is 1.30. The molecule has 1 amide bonds. The maximum atomic E-state index is 13.6. The number of nitrogens with zero attached hydrogens (tertiary/aromatic N) is 6. The summed E-state index contributed by atoms with van der Waals surface area (Å²) in [4.78, 5) is 41.8. The highest BCUT2D eigenvalue weighted by Gasteiger charge is 2.57. The van der Waals surface area contributed by atoms with E-state index in [2.05, 4.69) is 30.4 Å². The minimum atomic E-state index is -5.71. The van der Waals surface area contributed by atoms with Crippen LogP contribution in [0, 0.1) is 5.92 Å². The molecule has 1 aliphatic carbocycles. The molecule has 3 atom stereocenters. The number of thiazole rings is 1. The Morgan fingerprint density at radius 2 is 2.02 bits per heavy atom. The molecule has 4 aromatic heterocycles. The van der Waals surface area contributed by atoms with Crippen molar-refractivity contribution >= 4 is 45.9 Å². The lowest BCUT2D eigenvalue weighted by atomic mass is 9.81. The zero-order chi connectivity index (χ0) is 30.2. The molecule has 6 rings (SSSR count). The number of fused-ring (bicyclic) bond motifs is 2. The zero-order valence-electron chi connectivity index (χ0n) is 21.6. The highest BCUT2D eigenvalue weighted by atomic mass is 32.1. The molecule has 42 heavy (non-hydrogen) atoms. The van der Waals surface area contributed by atoms with Gasteiger partial charge in [-0.05, 0) is 25.5 Å². The van der Waals surface area contributed by atoms with Crippen molar-refractivity contribution in [2.75, 3.05) is 11.1 Å². The molecular formula is C25H21F5N8O3S. The number of carboxylic acid groups (broad SMARTS) is 1. The number of alkyl halides is 5. The Morgan fingerprint density at radius 3 is 2.71 bits per heavy atom. The van der Waals surface area contributed by atoms with Gasteiger partial charge < -0.3 is 16.2 Å². The van der Waals surface area contributed by atoms with Crippen molar-refractivity contribution in [3.8, 4) is 11.5 Å². The predicted octanol–water partition coefficient (Wildman–Crippen LogP) is 4.16. The highest BCUT2D eigenvalue weighted by Crippen LogP contribution is 2.49. The number of anilines is 2. The zero-order valence-corrected chi connectivity index (χ0v) is 22.4. The van der Waals surface area contributed by atoms with Crippen molar-refractivity contribution in [3.63, 3.8) is 0 Å². The number of hydrogen-bond donors (Lipinski definition) is 3. The summed E-state index contributed by atoms with van der Waals surface area (Å²) in [5.41, 5.74) is 6.17. The maximum Gasteiger partial charge on any atom is 0.453 e. The van der Waals surface area contributed by atoms with E-state index in [0.29, 0.717) is 22.7 Å². The molecule has 1 saturated carbocycles. The Hall–Kier alpha value is -4.28. The van der Waals surface area contributed by atoms with E-state index in [1.165, 1.54) is 29.7 Å². The topological polar surface area (TPSA) is 162 Å². The van der Waals surface area contributed by atoms with Gasteiger partial charge in [-0.3, -0.25) is 9.59 Å². The van der Waals surface area contributed by atoms with Crippen LogP contribution in [0.1, 0.15) is 41.9 Å². The van der Waals surface area contributed by atoms with Crippen molar-refractivity contribution in [2.24, 2.45) is 5.92 Å². The van der Waals surface area contributed by atoms with Crippen molar-refractivity contribution in [1.29, 1.82) is 0 Å². The van der Waals surface area contributed by atoms with Crippen LogP contribution in [0.5, 0.6) is 0 Å². The van der Waals surface area contributed by atoms with Crippen LogP contribution in [0.15, 0.2) is 23.7 Å². The standard InChI is InChI=1S/C25H21F5N8O3S/c1-23(8-14-33-13(9-42-14)11-7-12(11)21(39)40)15-17(31)34-19(35-18(15)36-22(23)41)16-10-3-2-5-32-20(10)38(37-16)6-4-24(26,27)25(28,29)30/h2-3,5,9,11-12H,4,6-8H2,1H3,(H,39,40)(H3,31,34,35,36,41)/t11?,12?,23-/m0/s1. The molecule has 1 aliphatic heterocycles. The smallest absolute Gasteiger partial charge is 0.453 e. The summed E-state index contributed by atoms with van der Waals surface area (Å²) in [6.45, 7) is 0.861. The number of aromatic nitrogens is 6. The third kappa shape index (κ3) is 4.51. The van der Waals surface area contributed by atoms with E-state index in [-0.39, 0.29) is 46.5 Å². The highest BCUT2D eigenvalue weighted by molar-refractivity contribution is 7.09. The van der Waals surface area contributed by atoms with Crippen LogP contribution >= 0.6 is 11.3 Å². The Morgan fingerprint density at radius 1 is 1.26 bits per heavy atom. The number of amides is 1. The van der Waals surface area contributed by atoms with Gasteiger partial charge in [0, 0.05) is 36.9 Å². The fourth-order valence-corrected chi connectivity index (χ4v) is 6.15. The number of aliphatic carboxylic acids is 1. The molecule has 0 bridgehead atoms. The second-order valence-corrected chi connectivity index (χ2v) is 11.4. The molecule has 220 valence electrons. The first-order valence-corrected chi connectivity index (χ1v) is 13.5. The first-order valence-electron chi connectivity index (χ1n) is 12.6. The second kappa shape index (κ2) is 9.37. The number of nitrogens with one attached hydrogen (secondary N) is 1. The van der Waals surface area contributed by atoms with Gasteiger partial charge in [0.2, 0.25) is 5.91 Å². The SMILES string of the molecule is C[C@@]1(Cc2nc(C3CC3C(=O)O)cs2)C(=O)Nc2nc(-c3nn(CCC(F)(F)C(F)(F)F)c4ncccc34)nc(N)c21. The molecule has 0 radical (unpaired) electrons. The lowest BCUT2D eigenvalue weighted by Gasteiger charge is -2.21. The minimum absolute atomic E-state index is 0.0350. The molecule has 2 aliphatic rings. The van der Waals surface area contributed by atoms with Gasteiger partial charge in [-0.1, -0.05) is 0 Å². The average Bonchev–Trinajstić information content (AvgIpc) is 3.33. The molecular weight excluding hydrogens is 587 g/mol. The van der Waals surface area contributed by atoms with E-state index >= 15 is 0 Å². The third-order valence-corrected chi connectivity index (χ3v) is 8.42. The van der Waals surface area contributed by atoms with Gasteiger partial charge in [-0.2, -0.15) is 27.1 Å². The molecule has 0 saturated heterocycles. The normalized spacial score (nSPS) is 21.9. The fraction of sp³-hybridized carbons (Fsp3) is 0.400. The monoisotopic (exact) mass is 608 g/mol. The largest absolute Gasteiger partial charge is 0.481 e. The number of carbonyl (C=O) groups is 2. The summed E-state index contributed by atoms with van der Waals surface area (Å²) in [5.74, 6) is -6.90. The number of nitrogens with two attached hydrogens (primary N) is 1. The number of carbonyl (C=O) groups excluding carboxylic acids is 1. The number of halogens is 5. The lowest BCUT2D eigenvalue weighted by Crippen LogP contribution is -2.37. The van der Waals surface area contributed by atoms with E-state index < -0.39 is 48.3 Å². The number of hydrogen-bond acceptors (Lipinski definition) is 9. The van der Waals surface area contributed by atoms with Crippen LogP contribution in [0.25, 0.3) is 22.6 Å². The van der Waals surface area contributed by atoms with Gasteiger partial charge in [0.25, 0.3) is 0 Å². The summed E-state index contributed by atoms with van der Waals surface area (Å²) in [5, 5.41) is 18.8. The van der Waals surface area contributed by atoms with Crippen molar-refractivity contribution in [2.45, 2.75) is 56.2 Å². The predicted molar refractivity (Wildman–Crippen MR) is 139 cm³/mol. The summed E-state index contributed by atoms with van der Waals surface area (Å²) in [7, 11) is 0. The first-order chi connectivity index (χ1) is 19.7. The quantitative estimate of drug-likeness (QED) is 0.250. The van der Waals surface area contributed by atoms with Gasteiger partial charge in [0.15, 0.2) is 11.5 Å². The first kappa shape index (κ1) is 27.9. The Labute approximate surface area is 237 Å². The Kier molecular flexibility index (Phi) is 6.22. The van der Waals surface area contributed by atoms with Crippen LogP contribution < -0.4 is 11.1 Å². The maximum absolute atomic E-state index is 13.6. The van der Waals surface area contributed by atoms with E-state index in [4.69, 9.17) is 5.73 Å². The van der Waals surface area contributed by atoms with E-state index in [0.717, 1.165) is 4.68 Å². The molecule has 0 spiro atoms. The van der Waals surface area contributed by atoms with E-state index in [9.17, 15) is 36.6 Å². The van der Waals surface area contributed by atoms with Gasteiger partial charge in [-0.25, -0.2) is 24.6 Å². The van der Waals surface area contributed by atoms with Gasteiger partial charge in [-0.15, -0.1) is 11.3 Å². The molecule has 1 fully saturated rings. The van der Waals surface area contributed by atoms with Crippen LogP contribution in [-0.2, 0) is 28.0 Å². The third-order valence-electron chi connectivity index (χ3n) is 7.55. The molecule has 0 aromatic carbocycles. The number of pyridine rings is 1. The van der Waals surface area contributed by atoms with Crippen molar-refractivity contribution < 1.29 is 36.6 Å². The Balaban J connectivity index is 1.31. The minimum Gasteiger partial charge on any atom is -0.481 e. The number of aryl methyl sites for hydroxylation is 1. The van der Waals surface area contributed by atoms with Crippen LogP contribution in [0.4, 0.5) is 33.6 Å². The number of rotatable bonds is 8. The van der Waals surface area contributed by atoms with E-state index in [1.807, 2.05) is 0 Å². The molecule has 5 heterocycles. The van der Waals surface area contributed by atoms with Crippen LogP contribution in [0.3, 0.4) is 0 Å². The molecule has 2 unspecified atom stereocenters. The summed E-state index contributed by atoms with van der Waals surface area (Å²) in [6.07, 6.45) is -5.28. The summed E-state index contributed by atoms with van der Waals surface area (Å²) < 4.78 is 66.3. The average molecular weight is 609 g/mol. The van der Waals surface area contributed by atoms with E-state index in [1.54, 1.807) is 12.3 Å². The molecule has 4 aromatic rings. The van der Waals surface area contributed by atoms with Crippen molar-refractivity contribution in [3.05, 3.63) is 40.0 Å². The van der Waals surface area contributed by atoms with Crippen molar-refractivity contribution in [1.82, 2.24) is 29.7 Å². The molecule has 4 N–H and O–H groups in total. The fourth-order valence-electron chi connectivity index (χ4n) is 5.14. The second-order valence-electron chi connectivity index (χ2n) is 10.5. The Bertz CT molecular complexity index is 1760. The van der Waals surface area contributed by atoms with Gasteiger partial charge >= 0.3 is 18.1 Å². The molecule has 17 heteroatoms. The summed E-state index contributed by atoms with van der Waals surface area (Å²) in [6, 6.07) is 3.06. The lowest BCUT2D eigenvalue weighted by molar-refractivity contribution is -0.285.